The van der Waals surface area contributed by atoms with Crippen LogP contribution in [-0.4, -0.2) is 12.2 Å². The summed E-state index contributed by atoms with van der Waals surface area (Å²) in [6.45, 7) is 9.74. The lowest BCUT2D eigenvalue weighted by atomic mass is 9.68. The van der Waals surface area contributed by atoms with E-state index in [4.69, 9.17) is 21.1 Å². The van der Waals surface area contributed by atoms with Crippen molar-refractivity contribution in [2.24, 2.45) is 17.8 Å². The Bertz CT molecular complexity index is 578. The predicted molar refractivity (Wildman–Crippen MR) is 93.3 cm³/mol. The predicted octanol–water partition coefficient (Wildman–Crippen LogP) is 5.51. The molecule has 3 rings (SSSR count). The van der Waals surface area contributed by atoms with Gasteiger partial charge in [-0.2, -0.15) is 0 Å². The molecule has 0 unspecified atom stereocenters. The van der Waals surface area contributed by atoms with Crippen molar-refractivity contribution in [1.82, 2.24) is 0 Å². The second-order valence-electron chi connectivity index (χ2n) is 6.85. The van der Waals surface area contributed by atoms with Crippen LogP contribution < -0.4 is 0 Å². The fraction of sp³-hybridized carbons (Fsp3) is 0.667. The molecule has 0 saturated carbocycles. The molecule has 2 fully saturated rings. The van der Waals surface area contributed by atoms with Gasteiger partial charge in [-0.1, -0.05) is 61.3 Å². The van der Waals surface area contributed by atoms with Crippen LogP contribution >= 0.6 is 27.5 Å². The lowest BCUT2D eigenvalue weighted by Crippen LogP contribution is -2.53. The van der Waals surface area contributed by atoms with Crippen LogP contribution in [0.4, 0.5) is 0 Å². The van der Waals surface area contributed by atoms with E-state index in [2.05, 4.69) is 55.8 Å². The van der Waals surface area contributed by atoms with Crippen molar-refractivity contribution in [3.63, 3.8) is 0 Å². The van der Waals surface area contributed by atoms with Gasteiger partial charge < -0.3 is 9.47 Å². The van der Waals surface area contributed by atoms with Gasteiger partial charge in [0.1, 0.15) is 0 Å². The first-order chi connectivity index (χ1) is 10.4. The zero-order chi connectivity index (χ0) is 16.1. The van der Waals surface area contributed by atoms with Crippen LogP contribution in [0.5, 0.6) is 0 Å². The normalized spacial score (nSPS) is 40.9. The lowest BCUT2D eigenvalue weighted by Gasteiger charge is -2.49. The van der Waals surface area contributed by atoms with Gasteiger partial charge in [0.25, 0.3) is 0 Å². The van der Waals surface area contributed by atoms with E-state index in [1.54, 1.807) is 0 Å². The molecule has 22 heavy (non-hydrogen) atoms. The molecule has 5 atom stereocenters. The first-order valence-electron chi connectivity index (χ1n) is 8.09. The molecule has 0 aliphatic carbocycles. The quantitative estimate of drug-likeness (QED) is 0.637. The molecule has 4 heteroatoms. The zero-order valence-corrected chi connectivity index (χ0v) is 16.0. The average molecular weight is 388 g/mol. The topological polar surface area (TPSA) is 18.5 Å². The fourth-order valence-electron chi connectivity index (χ4n) is 4.09. The molecule has 2 aliphatic rings. The maximum absolute atomic E-state index is 6.66. The highest BCUT2D eigenvalue weighted by Crippen LogP contribution is 2.57. The number of ether oxygens (including phenoxy) is 2. The van der Waals surface area contributed by atoms with Gasteiger partial charge in [0, 0.05) is 21.8 Å². The van der Waals surface area contributed by atoms with Gasteiger partial charge in [-0.25, -0.2) is 0 Å². The summed E-state index contributed by atoms with van der Waals surface area (Å²) in [6.07, 6.45) is 0.978. The van der Waals surface area contributed by atoms with Crippen LogP contribution in [0.1, 0.15) is 45.2 Å². The van der Waals surface area contributed by atoms with Gasteiger partial charge in [0.05, 0.1) is 12.2 Å². The maximum atomic E-state index is 6.66. The number of benzene rings is 1. The Kier molecular flexibility index (Phi) is 4.39. The Morgan fingerprint density at radius 3 is 2.64 bits per heavy atom. The molecule has 0 spiro atoms. The van der Waals surface area contributed by atoms with Crippen LogP contribution in [0.2, 0.25) is 5.02 Å². The SMILES string of the molecule is CC[C@@]12CO[C@@](c3ccc(Cl)c(CBr)c3)(O1)[C@H](C)[C@@H](C)[C@@H]2C. The highest BCUT2D eigenvalue weighted by molar-refractivity contribution is 9.08. The van der Waals surface area contributed by atoms with Crippen LogP contribution in [0.15, 0.2) is 18.2 Å². The van der Waals surface area contributed by atoms with Crippen molar-refractivity contribution in [2.75, 3.05) is 6.61 Å². The zero-order valence-electron chi connectivity index (χ0n) is 13.7. The van der Waals surface area contributed by atoms with E-state index in [1.165, 1.54) is 0 Å². The summed E-state index contributed by atoms with van der Waals surface area (Å²) in [4.78, 5) is 0. The average Bonchev–Trinajstić information content (AvgIpc) is 2.92. The fourth-order valence-corrected chi connectivity index (χ4v) is 4.90. The van der Waals surface area contributed by atoms with Gasteiger partial charge in [-0.3, -0.25) is 0 Å². The van der Waals surface area contributed by atoms with Crippen molar-refractivity contribution in [2.45, 2.75) is 50.8 Å². The summed E-state index contributed by atoms with van der Waals surface area (Å²) in [7, 11) is 0. The van der Waals surface area contributed by atoms with Crippen LogP contribution in [0.25, 0.3) is 0 Å². The van der Waals surface area contributed by atoms with E-state index in [0.29, 0.717) is 24.4 Å². The van der Waals surface area contributed by atoms with Crippen LogP contribution in [0, 0.1) is 17.8 Å². The third-order valence-corrected chi connectivity index (χ3v) is 7.06. The van der Waals surface area contributed by atoms with E-state index < -0.39 is 5.79 Å². The van der Waals surface area contributed by atoms with Crippen molar-refractivity contribution in [3.05, 3.63) is 34.3 Å². The second-order valence-corrected chi connectivity index (χ2v) is 7.82. The highest BCUT2D eigenvalue weighted by Gasteiger charge is 2.62. The third-order valence-electron chi connectivity index (χ3n) is 6.08. The monoisotopic (exact) mass is 386 g/mol. The summed E-state index contributed by atoms with van der Waals surface area (Å²) < 4.78 is 13.0. The van der Waals surface area contributed by atoms with Gasteiger partial charge in [-0.15, -0.1) is 0 Å². The second kappa shape index (κ2) is 5.77. The minimum atomic E-state index is -0.635. The van der Waals surface area contributed by atoms with Crippen LogP contribution in [-0.2, 0) is 20.6 Å². The standard InChI is InChI=1S/C18H24BrClO2/c1-5-17-10-21-18(22-17,13(4)11(2)12(17)3)15-6-7-16(20)14(8-15)9-19/h6-8,11-13H,5,9-10H2,1-4H3/t11-,12-,13+,17-,18+/m0/s1. The van der Waals surface area contributed by atoms with E-state index in [-0.39, 0.29) is 5.60 Å². The molecule has 2 heterocycles. The Labute approximate surface area is 146 Å². The molecule has 0 amide bonds. The molecule has 0 N–H and O–H groups in total. The van der Waals surface area contributed by atoms with Gasteiger partial charge >= 0.3 is 0 Å². The first kappa shape index (κ1) is 16.8. The van der Waals surface area contributed by atoms with Crippen LogP contribution in [0.3, 0.4) is 0 Å². The van der Waals surface area contributed by atoms with Crippen molar-refractivity contribution < 1.29 is 9.47 Å². The highest BCUT2D eigenvalue weighted by atomic mass is 79.9. The van der Waals surface area contributed by atoms with Gasteiger partial charge in [0.2, 0.25) is 0 Å². The molecule has 1 aromatic carbocycles. The Morgan fingerprint density at radius 2 is 2.00 bits per heavy atom. The molecule has 1 aromatic rings. The molecular weight excluding hydrogens is 364 g/mol. The number of hydrogen-bond acceptors (Lipinski definition) is 2. The van der Waals surface area contributed by atoms with E-state index in [1.807, 2.05) is 6.07 Å². The Balaban J connectivity index is 2.09. The number of hydrogen-bond donors (Lipinski definition) is 0. The Hall–Kier alpha value is -0.0900. The van der Waals surface area contributed by atoms with E-state index in [9.17, 15) is 0 Å². The molecule has 2 saturated heterocycles. The third kappa shape index (κ3) is 2.20. The van der Waals surface area contributed by atoms with E-state index >= 15 is 0 Å². The smallest absolute Gasteiger partial charge is 0.198 e. The number of alkyl halides is 1. The molecule has 0 aromatic heterocycles. The number of rotatable bonds is 3. The summed E-state index contributed by atoms with van der Waals surface area (Å²) in [5.41, 5.74) is 2.00. The molecule has 0 radical (unpaired) electrons. The lowest BCUT2D eigenvalue weighted by molar-refractivity contribution is -0.279. The first-order valence-corrected chi connectivity index (χ1v) is 9.59. The minimum absolute atomic E-state index is 0.167. The van der Waals surface area contributed by atoms with Crippen molar-refractivity contribution >= 4 is 27.5 Å². The summed E-state index contributed by atoms with van der Waals surface area (Å²) in [5, 5.41) is 1.51. The number of halogens is 2. The van der Waals surface area contributed by atoms with Crippen molar-refractivity contribution in [3.8, 4) is 0 Å². The van der Waals surface area contributed by atoms with E-state index in [0.717, 1.165) is 27.9 Å². The summed E-state index contributed by atoms with van der Waals surface area (Å²) in [6, 6.07) is 6.14. The molecule has 2 nitrogen and oxygen atoms in total. The number of fused-ring (bicyclic) bond motifs is 2. The molecule has 122 valence electrons. The van der Waals surface area contributed by atoms with Gasteiger partial charge in [0.15, 0.2) is 5.79 Å². The summed E-state index contributed by atoms with van der Waals surface area (Å²) >= 11 is 9.78. The molecular formula is C18H24BrClO2. The Morgan fingerprint density at radius 1 is 1.27 bits per heavy atom. The summed E-state index contributed by atoms with van der Waals surface area (Å²) in [5.74, 6) is 0.697. The van der Waals surface area contributed by atoms with Crippen molar-refractivity contribution in [1.29, 1.82) is 0 Å². The minimum Gasteiger partial charge on any atom is -0.343 e. The van der Waals surface area contributed by atoms with Gasteiger partial charge in [-0.05, 0) is 36.0 Å². The maximum Gasteiger partial charge on any atom is 0.198 e. The largest absolute Gasteiger partial charge is 0.343 e. The molecule has 2 aliphatic heterocycles. The molecule has 2 bridgehead atoms.